The van der Waals surface area contributed by atoms with Crippen LogP contribution < -0.4 is 4.90 Å². The summed E-state index contributed by atoms with van der Waals surface area (Å²) in [6, 6.07) is 13.3. The van der Waals surface area contributed by atoms with E-state index in [-0.39, 0.29) is 17.1 Å². The fourth-order valence-electron chi connectivity index (χ4n) is 3.78. The zero-order valence-electron chi connectivity index (χ0n) is 16.0. The van der Waals surface area contributed by atoms with Crippen molar-refractivity contribution in [2.45, 2.75) is 32.1 Å². The molecule has 156 valence electrons. The van der Waals surface area contributed by atoms with Gasteiger partial charge >= 0.3 is 12.1 Å². The number of amides is 1. The van der Waals surface area contributed by atoms with Crippen molar-refractivity contribution in [3.63, 3.8) is 0 Å². The van der Waals surface area contributed by atoms with Crippen molar-refractivity contribution in [2.75, 3.05) is 11.5 Å². The van der Waals surface area contributed by atoms with E-state index in [0.717, 1.165) is 15.8 Å². The van der Waals surface area contributed by atoms with Gasteiger partial charge in [0.1, 0.15) is 6.54 Å². The number of esters is 1. The van der Waals surface area contributed by atoms with Crippen LogP contribution in [0.25, 0.3) is 11.0 Å². The summed E-state index contributed by atoms with van der Waals surface area (Å²) in [5, 5.41) is 0. The summed E-state index contributed by atoms with van der Waals surface area (Å²) in [5.41, 5.74) is 2.06. The maximum Gasteiger partial charge on any atom is 0.449 e. The van der Waals surface area contributed by atoms with Gasteiger partial charge in [-0.1, -0.05) is 30.3 Å². The van der Waals surface area contributed by atoms with Crippen molar-refractivity contribution in [3.05, 3.63) is 59.9 Å². The standard InChI is InChI=1S/C21H18F3N3O3/c1-13-10-14-6-2-4-8-16(14)27(13)18(28)12-30-19(29)11-26-17-9-5-3-7-15(17)25-20(26)21(22,23)24/h2-9,13H,10-12H2,1H3. The van der Waals surface area contributed by atoms with E-state index in [2.05, 4.69) is 4.98 Å². The smallest absolute Gasteiger partial charge is 0.449 e. The van der Waals surface area contributed by atoms with E-state index in [1.807, 2.05) is 31.2 Å². The van der Waals surface area contributed by atoms with Crippen LogP contribution in [0.1, 0.15) is 18.3 Å². The van der Waals surface area contributed by atoms with E-state index in [0.29, 0.717) is 6.42 Å². The molecule has 0 aliphatic carbocycles. The summed E-state index contributed by atoms with van der Waals surface area (Å²) in [4.78, 5) is 30.0. The third kappa shape index (κ3) is 3.62. The van der Waals surface area contributed by atoms with Gasteiger partial charge in [-0.3, -0.25) is 9.59 Å². The highest BCUT2D eigenvalue weighted by atomic mass is 19.4. The van der Waals surface area contributed by atoms with Gasteiger partial charge in [0.05, 0.1) is 11.0 Å². The van der Waals surface area contributed by atoms with Crippen molar-refractivity contribution in [3.8, 4) is 0 Å². The molecule has 2 aromatic carbocycles. The van der Waals surface area contributed by atoms with E-state index < -0.39 is 37.0 Å². The fraction of sp³-hybridized carbons (Fsp3) is 0.286. The van der Waals surface area contributed by atoms with Crippen molar-refractivity contribution in [1.29, 1.82) is 0 Å². The van der Waals surface area contributed by atoms with E-state index in [4.69, 9.17) is 4.74 Å². The Morgan fingerprint density at radius 2 is 1.83 bits per heavy atom. The number of carbonyl (C=O) groups is 2. The Bertz CT molecular complexity index is 1120. The lowest BCUT2D eigenvalue weighted by Gasteiger charge is -2.22. The number of benzene rings is 2. The number of carbonyl (C=O) groups excluding carboxylic acids is 2. The predicted molar refractivity (Wildman–Crippen MR) is 103 cm³/mol. The van der Waals surface area contributed by atoms with Gasteiger partial charge in [-0.2, -0.15) is 13.2 Å². The number of nitrogens with zero attached hydrogens (tertiary/aromatic N) is 3. The van der Waals surface area contributed by atoms with Crippen molar-refractivity contribution < 1.29 is 27.5 Å². The summed E-state index contributed by atoms with van der Waals surface area (Å²) in [5.74, 6) is -2.56. The summed E-state index contributed by atoms with van der Waals surface area (Å²) in [6.07, 6.45) is -4.05. The first-order valence-corrected chi connectivity index (χ1v) is 9.34. The summed E-state index contributed by atoms with van der Waals surface area (Å²) >= 11 is 0. The van der Waals surface area contributed by atoms with Crippen LogP contribution in [-0.4, -0.2) is 34.1 Å². The number of fused-ring (bicyclic) bond motifs is 2. The number of rotatable bonds is 4. The predicted octanol–water partition coefficient (Wildman–Crippen LogP) is 3.58. The summed E-state index contributed by atoms with van der Waals surface area (Å²) in [6.45, 7) is 0.632. The Kier molecular flexibility index (Phi) is 4.97. The van der Waals surface area contributed by atoms with Crippen molar-refractivity contribution in [2.24, 2.45) is 0 Å². The Hall–Kier alpha value is -3.36. The maximum absolute atomic E-state index is 13.3. The molecule has 1 aromatic heterocycles. The fourth-order valence-corrected chi connectivity index (χ4v) is 3.78. The number of imidazole rings is 1. The molecule has 0 saturated carbocycles. The molecule has 30 heavy (non-hydrogen) atoms. The van der Waals surface area contributed by atoms with Crippen LogP contribution in [0.15, 0.2) is 48.5 Å². The minimum atomic E-state index is -4.73. The molecule has 0 N–H and O–H groups in total. The first-order valence-electron chi connectivity index (χ1n) is 9.34. The summed E-state index contributed by atoms with van der Waals surface area (Å²) in [7, 11) is 0. The lowest BCUT2D eigenvalue weighted by Crippen LogP contribution is -2.39. The molecule has 0 fully saturated rings. The lowest BCUT2D eigenvalue weighted by atomic mass is 10.1. The SMILES string of the molecule is CC1Cc2ccccc2N1C(=O)COC(=O)Cn1c(C(F)(F)F)nc2ccccc21. The molecule has 2 heterocycles. The van der Waals surface area contributed by atoms with Gasteiger partial charge in [-0.25, -0.2) is 4.98 Å². The third-order valence-corrected chi connectivity index (χ3v) is 5.03. The number of anilines is 1. The van der Waals surface area contributed by atoms with Gasteiger partial charge in [0.25, 0.3) is 5.91 Å². The minimum Gasteiger partial charge on any atom is -0.454 e. The molecule has 6 nitrogen and oxygen atoms in total. The Balaban J connectivity index is 1.48. The second-order valence-corrected chi connectivity index (χ2v) is 7.11. The molecule has 0 spiro atoms. The van der Waals surface area contributed by atoms with E-state index in [1.54, 1.807) is 17.0 Å². The zero-order valence-corrected chi connectivity index (χ0v) is 16.0. The van der Waals surface area contributed by atoms with E-state index in [9.17, 15) is 22.8 Å². The third-order valence-electron chi connectivity index (χ3n) is 5.03. The van der Waals surface area contributed by atoms with Crippen LogP contribution >= 0.6 is 0 Å². The van der Waals surface area contributed by atoms with Gasteiger partial charge in [0.15, 0.2) is 6.61 Å². The number of halogens is 3. The second kappa shape index (κ2) is 7.47. The van der Waals surface area contributed by atoms with Crippen molar-refractivity contribution in [1.82, 2.24) is 9.55 Å². The van der Waals surface area contributed by atoms with E-state index >= 15 is 0 Å². The largest absolute Gasteiger partial charge is 0.454 e. The zero-order chi connectivity index (χ0) is 21.5. The van der Waals surface area contributed by atoms with Gasteiger partial charge in [-0.15, -0.1) is 0 Å². The second-order valence-electron chi connectivity index (χ2n) is 7.11. The molecule has 3 aromatic rings. The van der Waals surface area contributed by atoms with Gasteiger partial charge in [-0.05, 0) is 37.1 Å². The first kappa shape index (κ1) is 19.9. The number of hydrogen-bond donors (Lipinski definition) is 0. The van der Waals surface area contributed by atoms with Crippen LogP contribution in [0.3, 0.4) is 0 Å². The number of para-hydroxylation sites is 3. The molecule has 1 aliphatic heterocycles. The number of alkyl halides is 3. The molecule has 0 bridgehead atoms. The number of aromatic nitrogens is 2. The molecule has 1 aliphatic rings. The van der Waals surface area contributed by atoms with Gasteiger partial charge in [0.2, 0.25) is 5.82 Å². The van der Waals surface area contributed by atoms with E-state index in [1.165, 1.54) is 12.1 Å². The highest BCUT2D eigenvalue weighted by Gasteiger charge is 2.38. The van der Waals surface area contributed by atoms with Crippen LogP contribution in [-0.2, 0) is 33.5 Å². The number of ether oxygens (including phenoxy) is 1. The monoisotopic (exact) mass is 417 g/mol. The van der Waals surface area contributed by atoms with Crippen LogP contribution in [0.5, 0.6) is 0 Å². The molecule has 1 unspecified atom stereocenters. The molecule has 9 heteroatoms. The molecule has 1 atom stereocenters. The lowest BCUT2D eigenvalue weighted by molar-refractivity contribution is -0.152. The normalized spacial score (nSPS) is 16.0. The Morgan fingerprint density at radius 1 is 1.13 bits per heavy atom. The minimum absolute atomic E-state index is 0.0944. The Morgan fingerprint density at radius 3 is 2.60 bits per heavy atom. The molecule has 0 saturated heterocycles. The molecule has 0 radical (unpaired) electrons. The van der Waals surface area contributed by atoms with Crippen LogP contribution in [0, 0.1) is 0 Å². The molecule has 1 amide bonds. The average Bonchev–Trinajstić information content (AvgIpc) is 3.23. The van der Waals surface area contributed by atoms with Crippen molar-refractivity contribution >= 4 is 28.6 Å². The van der Waals surface area contributed by atoms with Crippen LogP contribution in [0.2, 0.25) is 0 Å². The summed E-state index contributed by atoms with van der Waals surface area (Å²) < 4.78 is 45.8. The van der Waals surface area contributed by atoms with Crippen LogP contribution in [0.4, 0.5) is 18.9 Å². The first-order chi connectivity index (χ1) is 14.3. The molecular weight excluding hydrogens is 399 g/mol. The maximum atomic E-state index is 13.3. The molecule has 4 rings (SSSR count). The highest BCUT2D eigenvalue weighted by molar-refractivity contribution is 5.97. The number of hydrogen-bond acceptors (Lipinski definition) is 4. The van der Waals surface area contributed by atoms with Gasteiger partial charge in [0, 0.05) is 11.7 Å². The quantitative estimate of drug-likeness (QED) is 0.609. The average molecular weight is 417 g/mol. The highest BCUT2D eigenvalue weighted by Crippen LogP contribution is 2.32. The topological polar surface area (TPSA) is 64.4 Å². The van der Waals surface area contributed by atoms with Gasteiger partial charge < -0.3 is 14.2 Å². The Labute approximate surface area is 169 Å². The molecular formula is C21H18F3N3O3.